The Hall–Kier alpha value is -0.550. The van der Waals surface area contributed by atoms with Gasteiger partial charge in [0.25, 0.3) is 0 Å². The van der Waals surface area contributed by atoms with Crippen LogP contribution in [0.2, 0.25) is 0 Å². The average Bonchev–Trinajstić information content (AvgIpc) is 1.99. The van der Waals surface area contributed by atoms with E-state index in [4.69, 9.17) is 10.8 Å². The molecule has 0 unspecified atom stereocenters. The molecule has 0 radical (unpaired) electrons. The summed E-state index contributed by atoms with van der Waals surface area (Å²) in [5.74, 6) is -1.17. The first-order valence-electron chi connectivity index (χ1n) is 3.47. The zero-order valence-electron chi connectivity index (χ0n) is 7.16. The predicted molar refractivity (Wildman–Crippen MR) is 48.2 cm³/mol. The van der Waals surface area contributed by atoms with Gasteiger partial charge in [-0.05, 0) is 25.4 Å². The minimum atomic E-state index is -1.69. The summed E-state index contributed by atoms with van der Waals surface area (Å²) < 4.78 is 0. The number of carboxylic acid groups (broad SMARTS) is 1. The highest BCUT2D eigenvalue weighted by Gasteiger charge is 2.38. The number of rotatable bonds is 5. The van der Waals surface area contributed by atoms with Crippen molar-refractivity contribution in [1.82, 2.24) is 0 Å². The fourth-order valence-electron chi connectivity index (χ4n) is 0.697. The van der Waals surface area contributed by atoms with Gasteiger partial charge in [-0.2, -0.15) is 11.8 Å². The molecule has 0 aromatic carbocycles. The van der Waals surface area contributed by atoms with Crippen molar-refractivity contribution in [1.29, 1.82) is 0 Å². The van der Waals surface area contributed by atoms with Gasteiger partial charge in [0.2, 0.25) is 0 Å². The summed E-state index contributed by atoms with van der Waals surface area (Å²) in [6, 6.07) is 0. The Bertz CT molecular complexity index is 179. The summed E-state index contributed by atoms with van der Waals surface area (Å²) in [6.07, 6.45) is 2.02. The Morgan fingerprint density at radius 2 is 2.08 bits per heavy atom. The molecule has 0 aromatic heterocycles. The van der Waals surface area contributed by atoms with Crippen LogP contribution in [0.1, 0.15) is 13.3 Å². The van der Waals surface area contributed by atoms with E-state index >= 15 is 0 Å². The van der Waals surface area contributed by atoms with Crippen LogP contribution in [0, 0.1) is 0 Å². The third kappa shape index (κ3) is 2.49. The van der Waals surface area contributed by atoms with Crippen molar-refractivity contribution in [3.05, 3.63) is 0 Å². The largest absolute Gasteiger partial charge is 0.480 e. The van der Waals surface area contributed by atoms with Crippen molar-refractivity contribution in [2.24, 2.45) is 5.73 Å². The molecule has 0 saturated heterocycles. The lowest BCUT2D eigenvalue weighted by molar-refractivity contribution is -0.147. The van der Waals surface area contributed by atoms with Crippen molar-refractivity contribution in [2.45, 2.75) is 18.9 Å². The summed E-state index contributed by atoms with van der Waals surface area (Å²) >= 11 is 1.47. The summed E-state index contributed by atoms with van der Waals surface area (Å²) in [7, 11) is 0. The highest BCUT2D eigenvalue weighted by Crippen LogP contribution is 2.12. The van der Waals surface area contributed by atoms with Crippen LogP contribution in [0.3, 0.4) is 0 Å². The monoisotopic (exact) mass is 191 g/mol. The smallest absolute Gasteiger partial charge is 0.331 e. The molecule has 0 aliphatic carbocycles. The SMILES string of the molecule is CSCC[C@@](N)(C(C)=O)C(=O)O. The Kier molecular flexibility index (Phi) is 4.26. The molecular formula is C7H13NO3S. The van der Waals surface area contributed by atoms with Crippen LogP contribution in [0.25, 0.3) is 0 Å². The zero-order valence-corrected chi connectivity index (χ0v) is 7.98. The molecule has 0 heterocycles. The van der Waals surface area contributed by atoms with Gasteiger partial charge in [0, 0.05) is 0 Å². The van der Waals surface area contributed by atoms with Crippen molar-refractivity contribution in [2.75, 3.05) is 12.0 Å². The fourth-order valence-corrected chi connectivity index (χ4v) is 1.22. The van der Waals surface area contributed by atoms with E-state index in [1.54, 1.807) is 0 Å². The van der Waals surface area contributed by atoms with Gasteiger partial charge >= 0.3 is 5.97 Å². The van der Waals surface area contributed by atoms with E-state index in [1.807, 2.05) is 6.26 Å². The molecule has 3 N–H and O–H groups in total. The third-order valence-electron chi connectivity index (χ3n) is 1.71. The van der Waals surface area contributed by atoms with Crippen LogP contribution in [0.5, 0.6) is 0 Å². The zero-order chi connectivity index (χ0) is 9.78. The van der Waals surface area contributed by atoms with E-state index in [9.17, 15) is 9.59 Å². The lowest BCUT2D eigenvalue weighted by Gasteiger charge is -2.20. The fraction of sp³-hybridized carbons (Fsp3) is 0.714. The number of Topliss-reactive ketones (excluding diaryl/α,β-unsaturated/α-hetero) is 1. The topological polar surface area (TPSA) is 80.4 Å². The van der Waals surface area contributed by atoms with Crippen LogP contribution >= 0.6 is 11.8 Å². The summed E-state index contributed by atoms with van der Waals surface area (Å²) in [6.45, 7) is 1.20. The number of ketones is 1. The molecule has 70 valence electrons. The Balaban J connectivity index is 4.40. The highest BCUT2D eigenvalue weighted by atomic mass is 32.2. The minimum Gasteiger partial charge on any atom is -0.480 e. The first-order valence-corrected chi connectivity index (χ1v) is 4.86. The van der Waals surface area contributed by atoms with Crippen LogP contribution < -0.4 is 5.73 Å². The summed E-state index contributed by atoms with van der Waals surface area (Å²) in [5, 5.41) is 8.67. The van der Waals surface area contributed by atoms with Gasteiger partial charge in [0.05, 0.1) is 0 Å². The quantitative estimate of drug-likeness (QED) is 0.603. The lowest BCUT2D eigenvalue weighted by Crippen LogP contribution is -2.54. The van der Waals surface area contributed by atoms with Gasteiger partial charge in [-0.1, -0.05) is 0 Å². The van der Waals surface area contributed by atoms with Gasteiger partial charge in [-0.3, -0.25) is 4.79 Å². The predicted octanol–water partition coefficient (Wildman–Crippen LogP) is 0.111. The van der Waals surface area contributed by atoms with E-state index < -0.39 is 17.3 Å². The van der Waals surface area contributed by atoms with Crippen molar-refractivity contribution in [3.63, 3.8) is 0 Å². The summed E-state index contributed by atoms with van der Waals surface area (Å²) in [5.41, 5.74) is 3.72. The van der Waals surface area contributed by atoms with Gasteiger partial charge in [-0.25, -0.2) is 4.79 Å². The highest BCUT2D eigenvalue weighted by molar-refractivity contribution is 7.98. The van der Waals surface area contributed by atoms with Crippen molar-refractivity contribution in [3.8, 4) is 0 Å². The molecule has 4 nitrogen and oxygen atoms in total. The van der Waals surface area contributed by atoms with E-state index in [0.29, 0.717) is 5.75 Å². The molecule has 0 spiro atoms. The first-order chi connectivity index (χ1) is 5.45. The number of hydrogen-bond acceptors (Lipinski definition) is 4. The van der Waals surface area contributed by atoms with Crippen molar-refractivity contribution >= 4 is 23.5 Å². The minimum absolute atomic E-state index is 0.179. The summed E-state index contributed by atoms with van der Waals surface area (Å²) in [4.78, 5) is 21.5. The standard InChI is InChI=1S/C7H13NO3S/c1-5(9)7(8,6(10)11)3-4-12-2/h3-4,8H2,1-2H3,(H,10,11)/t7-/m1/s1. The first kappa shape index (κ1) is 11.4. The maximum Gasteiger partial charge on any atom is 0.331 e. The average molecular weight is 191 g/mol. The molecule has 1 atom stereocenters. The van der Waals surface area contributed by atoms with Gasteiger partial charge in [-0.15, -0.1) is 0 Å². The molecule has 0 fully saturated rings. The third-order valence-corrected chi connectivity index (χ3v) is 2.32. The molecule has 12 heavy (non-hydrogen) atoms. The Labute approximate surface area is 75.5 Å². The second-order valence-corrected chi connectivity index (χ2v) is 3.56. The number of hydrogen-bond donors (Lipinski definition) is 2. The van der Waals surface area contributed by atoms with Crippen LogP contribution in [-0.2, 0) is 9.59 Å². The van der Waals surface area contributed by atoms with E-state index in [-0.39, 0.29) is 6.42 Å². The van der Waals surface area contributed by atoms with E-state index in [1.165, 1.54) is 18.7 Å². The molecular weight excluding hydrogens is 178 g/mol. The van der Waals surface area contributed by atoms with Gasteiger partial charge in [0.15, 0.2) is 11.3 Å². The van der Waals surface area contributed by atoms with Crippen LogP contribution in [-0.4, -0.2) is 34.4 Å². The van der Waals surface area contributed by atoms with Crippen LogP contribution in [0.15, 0.2) is 0 Å². The van der Waals surface area contributed by atoms with E-state index in [0.717, 1.165) is 0 Å². The molecule has 0 aliphatic heterocycles. The number of carbonyl (C=O) groups excluding carboxylic acids is 1. The normalized spacial score (nSPS) is 15.2. The van der Waals surface area contributed by atoms with E-state index in [2.05, 4.69) is 0 Å². The van der Waals surface area contributed by atoms with Gasteiger partial charge < -0.3 is 10.8 Å². The maximum atomic E-state index is 10.9. The second kappa shape index (κ2) is 4.47. The Morgan fingerprint density at radius 1 is 1.58 bits per heavy atom. The molecule has 0 rings (SSSR count). The number of carbonyl (C=O) groups is 2. The lowest BCUT2D eigenvalue weighted by atomic mass is 9.93. The maximum absolute atomic E-state index is 10.9. The number of carboxylic acids is 1. The van der Waals surface area contributed by atoms with Crippen molar-refractivity contribution < 1.29 is 14.7 Å². The molecule has 0 bridgehead atoms. The van der Waals surface area contributed by atoms with Crippen LogP contribution in [0.4, 0.5) is 0 Å². The number of aliphatic carboxylic acids is 1. The molecule has 0 saturated carbocycles. The Morgan fingerprint density at radius 3 is 2.33 bits per heavy atom. The number of nitrogens with two attached hydrogens (primary N) is 1. The molecule has 5 heteroatoms. The molecule has 0 aromatic rings. The number of thioether (sulfide) groups is 1. The molecule has 0 amide bonds. The van der Waals surface area contributed by atoms with Gasteiger partial charge in [0.1, 0.15) is 0 Å². The molecule has 0 aliphatic rings. The second-order valence-electron chi connectivity index (χ2n) is 2.58.